The zero-order valence-electron chi connectivity index (χ0n) is 13.0. The van der Waals surface area contributed by atoms with Crippen LogP contribution in [-0.2, 0) is 4.79 Å². The van der Waals surface area contributed by atoms with E-state index in [1.54, 1.807) is 0 Å². The van der Waals surface area contributed by atoms with E-state index >= 15 is 0 Å². The number of ketones is 1. The van der Waals surface area contributed by atoms with Crippen molar-refractivity contribution in [2.75, 3.05) is 6.54 Å². The van der Waals surface area contributed by atoms with Gasteiger partial charge in [0, 0.05) is 24.4 Å². The van der Waals surface area contributed by atoms with Gasteiger partial charge in [0.15, 0.2) is 11.8 Å². The topological polar surface area (TPSA) is 68.2 Å². The third-order valence-electron chi connectivity index (χ3n) is 3.35. The molecule has 0 saturated carbocycles. The van der Waals surface area contributed by atoms with Crippen LogP contribution in [0.5, 0.6) is 0 Å². The average Bonchev–Trinajstić information content (AvgIpc) is 2.56. The number of rotatable bonds is 6. The van der Waals surface area contributed by atoms with Crippen LogP contribution in [0.1, 0.15) is 29.7 Å². The lowest BCUT2D eigenvalue weighted by atomic mass is 10.0. The molecule has 0 aliphatic carbocycles. The van der Waals surface area contributed by atoms with E-state index in [2.05, 4.69) is 5.32 Å². The van der Waals surface area contributed by atoms with Crippen molar-refractivity contribution in [3.05, 3.63) is 69.4 Å². The Morgan fingerprint density at radius 1 is 1.21 bits per heavy atom. The molecule has 0 fully saturated rings. The van der Waals surface area contributed by atoms with Gasteiger partial charge >= 0.3 is 0 Å². The summed E-state index contributed by atoms with van der Waals surface area (Å²) in [5.74, 6) is -1.73. The molecule has 0 aliphatic rings. The van der Waals surface area contributed by atoms with E-state index in [0.29, 0.717) is 13.0 Å². The van der Waals surface area contributed by atoms with Gasteiger partial charge in [-0.25, -0.2) is 4.39 Å². The van der Waals surface area contributed by atoms with Gasteiger partial charge in [-0.1, -0.05) is 18.5 Å². The Bertz CT molecular complexity index is 802. The first-order chi connectivity index (χ1) is 11.4. The summed E-state index contributed by atoms with van der Waals surface area (Å²) in [5.41, 5.74) is -0.411. The third kappa shape index (κ3) is 4.08. The van der Waals surface area contributed by atoms with Crippen molar-refractivity contribution in [3.63, 3.8) is 0 Å². The molecule has 0 spiro atoms. The normalized spacial score (nSPS) is 11.8. The van der Waals surface area contributed by atoms with Crippen LogP contribution in [0.3, 0.4) is 0 Å². The Kier molecular flexibility index (Phi) is 5.87. The number of halogens is 2. The number of benzene rings is 1. The molecule has 7 heteroatoms. The molecule has 0 bridgehead atoms. The summed E-state index contributed by atoms with van der Waals surface area (Å²) in [5, 5.41) is 2.82. The van der Waals surface area contributed by atoms with E-state index in [-0.39, 0.29) is 10.6 Å². The highest BCUT2D eigenvalue weighted by Gasteiger charge is 2.30. The number of carbonyl (C=O) groups is 2. The molecule has 5 nitrogen and oxygen atoms in total. The minimum atomic E-state index is -1.41. The van der Waals surface area contributed by atoms with Crippen LogP contribution in [0.25, 0.3) is 0 Å². The zero-order valence-corrected chi connectivity index (χ0v) is 13.7. The van der Waals surface area contributed by atoms with Gasteiger partial charge in [-0.2, -0.15) is 0 Å². The molecule has 1 aromatic heterocycles. The fourth-order valence-corrected chi connectivity index (χ4v) is 2.34. The van der Waals surface area contributed by atoms with E-state index in [1.807, 2.05) is 6.92 Å². The zero-order chi connectivity index (χ0) is 17.7. The van der Waals surface area contributed by atoms with Gasteiger partial charge in [0.1, 0.15) is 5.82 Å². The lowest BCUT2D eigenvalue weighted by molar-refractivity contribution is -0.123. The van der Waals surface area contributed by atoms with Crippen molar-refractivity contribution in [1.29, 1.82) is 0 Å². The standard InChI is InChI=1S/C17H16ClFN2O3/c1-2-9-20-17(24)15(21-10-12(18)5-8-14(21)22)16(23)11-3-6-13(19)7-4-11/h3-8,10,15H,2,9H2,1H3,(H,20,24)/t15-/m0/s1. The molecule has 1 heterocycles. The fourth-order valence-electron chi connectivity index (χ4n) is 2.17. The molecule has 0 aliphatic heterocycles. The van der Waals surface area contributed by atoms with Crippen molar-refractivity contribution in [1.82, 2.24) is 9.88 Å². The van der Waals surface area contributed by atoms with Crippen LogP contribution < -0.4 is 10.9 Å². The Morgan fingerprint density at radius 2 is 1.88 bits per heavy atom. The number of amides is 1. The summed E-state index contributed by atoms with van der Waals surface area (Å²) in [7, 11) is 0. The van der Waals surface area contributed by atoms with Gasteiger partial charge in [0.2, 0.25) is 0 Å². The summed E-state index contributed by atoms with van der Waals surface area (Å²) in [6.45, 7) is 2.23. The molecule has 1 atom stereocenters. The minimum absolute atomic E-state index is 0.125. The first-order valence-corrected chi connectivity index (χ1v) is 7.77. The summed E-state index contributed by atoms with van der Waals surface area (Å²) in [4.78, 5) is 37.3. The van der Waals surface area contributed by atoms with E-state index in [1.165, 1.54) is 30.5 Å². The number of hydrogen-bond donors (Lipinski definition) is 1. The Labute approximate surface area is 143 Å². The highest BCUT2D eigenvalue weighted by Crippen LogP contribution is 2.16. The van der Waals surface area contributed by atoms with Crippen LogP contribution in [-0.4, -0.2) is 22.8 Å². The second kappa shape index (κ2) is 7.88. The molecule has 126 valence electrons. The van der Waals surface area contributed by atoms with Crippen LogP contribution in [0.2, 0.25) is 5.02 Å². The van der Waals surface area contributed by atoms with E-state index in [0.717, 1.165) is 16.7 Å². The molecule has 0 unspecified atom stereocenters. The Hall–Kier alpha value is -2.47. The van der Waals surface area contributed by atoms with Crippen molar-refractivity contribution in [3.8, 4) is 0 Å². The van der Waals surface area contributed by atoms with Crippen molar-refractivity contribution >= 4 is 23.3 Å². The monoisotopic (exact) mass is 350 g/mol. The van der Waals surface area contributed by atoms with E-state index in [4.69, 9.17) is 11.6 Å². The largest absolute Gasteiger partial charge is 0.354 e. The minimum Gasteiger partial charge on any atom is -0.354 e. The first kappa shape index (κ1) is 17.9. The predicted octanol–water partition coefficient (Wildman–Crippen LogP) is 2.59. The number of pyridine rings is 1. The highest BCUT2D eigenvalue weighted by molar-refractivity contribution is 6.30. The molecular formula is C17H16ClFN2O3. The number of Topliss-reactive ketones (excluding diaryl/α,β-unsaturated/α-hetero) is 1. The lowest BCUT2D eigenvalue weighted by Gasteiger charge is -2.18. The second-order valence-electron chi connectivity index (χ2n) is 5.16. The fraction of sp³-hybridized carbons (Fsp3) is 0.235. The maximum atomic E-state index is 13.1. The first-order valence-electron chi connectivity index (χ1n) is 7.39. The molecule has 24 heavy (non-hydrogen) atoms. The number of carbonyl (C=O) groups excluding carboxylic acids is 2. The molecule has 2 aromatic rings. The van der Waals surface area contributed by atoms with Gasteiger partial charge in [0.05, 0.1) is 5.02 Å². The maximum absolute atomic E-state index is 13.1. The summed E-state index contributed by atoms with van der Waals surface area (Å²) in [6, 6.07) is 5.93. The molecule has 1 aromatic carbocycles. The van der Waals surface area contributed by atoms with Crippen LogP contribution in [0.4, 0.5) is 4.39 Å². The molecule has 0 radical (unpaired) electrons. The third-order valence-corrected chi connectivity index (χ3v) is 3.58. The number of hydrogen-bond acceptors (Lipinski definition) is 3. The highest BCUT2D eigenvalue weighted by atomic mass is 35.5. The van der Waals surface area contributed by atoms with Crippen LogP contribution in [0, 0.1) is 5.82 Å². The second-order valence-corrected chi connectivity index (χ2v) is 5.59. The smallest absolute Gasteiger partial charge is 0.251 e. The summed E-state index contributed by atoms with van der Waals surface area (Å²) < 4.78 is 14.0. The molecule has 1 amide bonds. The van der Waals surface area contributed by atoms with Gasteiger partial charge in [-0.3, -0.25) is 19.0 Å². The summed E-state index contributed by atoms with van der Waals surface area (Å²) in [6.07, 6.45) is 1.91. The van der Waals surface area contributed by atoms with Crippen molar-refractivity contribution in [2.45, 2.75) is 19.4 Å². The van der Waals surface area contributed by atoms with Gasteiger partial charge in [-0.15, -0.1) is 0 Å². The number of nitrogens with one attached hydrogen (secondary N) is 1. The molecule has 1 N–H and O–H groups in total. The number of aromatic nitrogens is 1. The van der Waals surface area contributed by atoms with E-state index < -0.39 is 29.1 Å². The van der Waals surface area contributed by atoms with Crippen LogP contribution >= 0.6 is 11.6 Å². The quantitative estimate of drug-likeness (QED) is 0.643. The predicted molar refractivity (Wildman–Crippen MR) is 88.8 cm³/mol. The molecule has 2 rings (SSSR count). The van der Waals surface area contributed by atoms with E-state index in [9.17, 15) is 18.8 Å². The van der Waals surface area contributed by atoms with Gasteiger partial charge in [-0.05, 0) is 36.8 Å². The maximum Gasteiger partial charge on any atom is 0.251 e. The van der Waals surface area contributed by atoms with Crippen LogP contribution in [0.15, 0.2) is 47.4 Å². The Balaban J connectivity index is 2.48. The molecule has 0 saturated heterocycles. The number of nitrogens with zero attached hydrogens (tertiary/aromatic N) is 1. The van der Waals surface area contributed by atoms with Gasteiger partial charge < -0.3 is 5.32 Å². The SMILES string of the molecule is CCCNC(=O)[C@H](C(=O)c1ccc(F)cc1)n1cc(Cl)ccc1=O. The van der Waals surface area contributed by atoms with Crippen molar-refractivity contribution in [2.24, 2.45) is 0 Å². The summed E-state index contributed by atoms with van der Waals surface area (Å²) >= 11 is 5.89. The Morgan fingerprint density at radius 3 is 2.50 bits per heavy atom. The van der Waals surface area contributed by atoms with Gasteiger partial charge in [0.25, 0.3) is 11.5 Å². The lowest BCUT2D eigenvalue weighted by Crippen LogP contribution is -2.41. The molecular weight excluding hydrogens is 335 g/mol. The average molecular weight is 351 g/mol. The van der Waals surface area contributed by atoms with Crippen molar-refractivity contribution < 1.29 is 14.0 Å².